The van der Waals surface area contributed by atoms with Crippen LogP contribution in [0.4, 0.5) is 0 Å². The highest BCUT2D eigenvalue weighted by Crippen LogP contribution is 2.17. The van der Waals surface area contributed by atoms with E-state index in [0.717, 1.165) is 5.56 Å². The summed E-state index contributed by atoms with van der Waals surface area (Å²) >= 11 is 0. The fourth-order valence-corrected chi connectivity index (χ4v) is 1.57. The molecule has 3 nitrogen and oxygen atoms in total. The average Bonchev–Trinajstić information content (AvgIpc) is 2.27. The van der Waals surface area contributed by atoms with Gasteiger partial charge in [-0.2, -0.15) is 0 Å². The van der Waals surface area contributed by atoms with Crippen LogP contribution in [0.3, 0.4) is 0 Å². The van der Waals surface area contributed by atoms with Gasteiger partial charge < -0.3 is 5.73 Å². The third-order valence-corrected chi connectivity index (χ3v) is 3.45. The fraction of sp³-hybridized carbons (Fsp3) is 0.500. The van der Waals surface area contributed by atoms with Crippen molar-refractivity contribution in [3.05, 3.63) is 35.4 Å². The zero-order chi connectivity index (χ0) is 13.1. The lowest BCUT2D eigenvalue weighted by atomic mass is 9.87. The van der Waals surface area contributed by atoms with E-state index >= 15 is 0 Å². The van der Waals surface area contributed by atoms with Gasteiger partial charge in [0.25, 0.3) is 0 Å². The van der Waals surface area contributed by atoms with Crippen molar-refractivity contribution in [3.8, 4) is 0 Å². The molecule has 0 bridgehead atoms. The Morgan fingerprint density at radius 2 is 1.88 bits per heavy atom. The first-order chi connectivity index (χ1) is 7.86. The number of nitrogens with two attached hydrogens (primary N) is 1. The fourth-order valence-electron chi connectivity index (χ4n) is 1.57. The molecule has 3 heteroatoms. The lowest BCUT2D eigenvalue weighted by Crippen LogP contribution is -2.56. The first kappa shape index (κ1) is 13.7. The van der Waals surface area contributed by atoms with Gasteiger partial charge in [-0.25, -0.2) is 0 Å². The van der Waals surface area contributed by atoms with Crippen molar-refractivity contribution in [3.63, 3.8) is 0 Å². The number of nitrogens with one attached hydrogen (secondary N) is 1. The van der Waals surface area contributed by atoms with E-state index in [4.69, 9.17) is 5.73 Å². The molecule has 1 unspecified atom stereocenters. The monoisotopic (exact) mass is 234 g/mol. The first-order valence-corrected chi connectivity index (χ1v) is 5.96. The molecule has 0 aliphatic carbocycles. The second kappa shape index (κ2) is 5.32. The minimum atomic E-state index is -0.662. The van der Waals surface area contributed by atoms with E-state index in [1.165, 1.54) is 5.56 Å². The van der Waals surface area contributed by atoms with E-state index < -0.39 is 5.54 Å². The highest BCUT2D eigenvalue weighted by molar-refractivity contribution is 5.84. The van der Waals surface area contributed by atoms with Crippen LogP contribution in [0.1, 0.15) is 31.9 Å². The molecule has 1 rings (SSSR count). The molecule has 0 fully saturated rings. The standard InChI is InChI=1S/C14H22N2O/c1-10(2)14(4,13(15)17)16-9-12-7-5-11(3)6-8-12/h5-8,10,16H,9H2,1-4H3,(H2,15,17). The van der Waals surface area contributed by atoms with Crippen LogP contribution in [-0.4, -0.2) is 11.4 Å². The lowest BCUT2D eigenvalue weighted by molar-refractivity contribution is -0.125. The van der Waals surface area contributed by atoms with Gasteiger partial charge in [-0.3, -0.25) is 10.1 Å². The maximum absolute atomic E-state index is 11.5. The van der Waals surface area contributed by atoms with Gasteiger partial charge in [0.15, 0.2) is 0 Å². The SMILES string of the molecule is Cc1ccc(CNC(C)(C(N)=O)C(C)C)cc1. The number of rotatable bonds is 5. The molecule has 17 heavy (non-hydrogen) atoms. The van der Waals surface area contributed by atoms with Crippen molar-refractivity contribution in [2.45, 2.75) is 39.8 Å². The largest absolute Gasteiger partial charge is 0.368 e. The van der Waals surface area contributed by atoms with Crippen LogP contribution >= 0.6 is 0 Å². The van der Waals surface area contributed by atoms with E-state index in [9.17, 15) is 4.79 Å². The van der Waals surface area contributed by atoms with Gasteiger partial charge >= 0.3 is 0 Å². The Balaban J connectivity index is 2.71. The Kier molecular flexibility index (Phi) is 4.29. The zero-order valence-electron chi connectivity index (χ0n) is 11.1. The maximum Gasteiger partial charge on any atom is 0.237 e. The normalized spacial score (nSPS) is 14.6. The van der Waals surface area contributed by atoms with E-state index in [-0.39, 0.29) is 11.8 Å². The molecule has 0 saturated heterocycles. The summed E-state index contributed by atoms with van der Waals surface area (Å²) in [6.07, 6.45) is 0. The third-order valence-electron chi connectivity index (χ3n) is 3.45. The molecule has 1 aromatic carbocycles. The number of primary amides is 1. The van der Waals surface area contributed by atoms with Crippen LogP contribution in [0.25, 0.3) is 0 Å². The Morgan fingerprint density at radius 3 is 2.29 bits per heavy atom. The van der Waals surface area contributed by atoms with Gasteiger partial charge in [0.1, 0.15) is 0 Å². The highest BCUT2D eigenvalue weighted by atomic mass is 16.1. The number of amides is 1. The van der Waals surface area contributed by atoms with Crippen LogP contribution in [0.5, 0.6) is 0 Å². The van der Waals surface area contributed by atoms with Crippen LogP contribution in [0, 0.1) is 12.8 Å². The quantitative estimate of drug-likeness (QED) is 0.818. The summed E-state index contributed by atoms with van der Waals surface area (Å²) in [5, 5.41) is 3.26. The van der Waals surface area contributed by atoms with Crippen molar-refractivity contribution in [1.29, 1.82) is 0 Å². The van der Waals surface area contributed by atoms with Gasteiger partial charge in [-0.1, -0.05) is 43.7 Å². The maximum atomic E-state index is 11.5. The van der Waals surface area contributed by atoms with Gasteiger partial charge in [-0.05, 0) is 25.3 Å². The Hall–Kier alpha value is -1.35. The molecule has 3 N–H and O–H groups in total. The number of carbonyl (C=O) groups excluding carboxylic acids is 1. The summed E-state index contributed by atoms with van der Waals surface area (Å²) in [6.45, 7) is 8.55. The predicted octanol–water partition coefficient (Wildman–Crippen LogP) is 1.98. The molecule has 0 aliphatic heterocycles. The minimum Gasteiger partial charge on any atom is -0.368 e. The van der Waals surface area contributed by atoms with Crippen molar-refractivity contribution in [1.82, 2.24) is 5.32 Å². The van der Waals surface area contributed by atoms with E-state index in [0.29, 0.717) is 6.54 Å². The summed E-state index contributed by atoms with van der Waals surface area (Å²) in [6, 6.07) is 8.25. The molecule has 0 spiro atoms. The van der Waals surface area contributed by atoms with Crippen LogP contribution in [-0.2, 0) is 11.3 Å². The number of carbonyl (C=O) groups is 1. The summed E-state index contributed by atoms with van der Waals surface area (Å²) in [5.74, 6) is -0.148. The van der Waals surface area contributed by atoms with Gasteiger partial charge in [0, 0.05) is 6.54 Å². The predicted molar refractivity (Wildman–Crippen MR) is 70.5 cm³/mol. The van der Waals surface area contributed by atoms with E-state index in [1.807, 2.05) is 20.8 Å². The summed E-state index contributed by atoms with van der Waals surface area (Å²) in [4.78, 5) is 11.5. The molecule has 0 aromatic heterocycles. The number of hydrogen-bond donors (Lipinski definition) is 2. The van der Waals surface area contributed by atoms with Crippen LogP contribution < -0.4 is 11.1 Å². The summed E-state index contributed by atoms with van der Waals surface area (Å²) in [5.41, 5.74) is 7.18. The van der Waals surface area contributed by atoms with E-state index in [2.05, 4.69) is 36.5 Å². The van der Waals surface area contributed by atoms with Crippen LogP contribution in [0.2, 0.25) is 0 Å². The van der Waals surface area contributed by atoms with Gasteiger partial charge in [0.05, 0.1) is 5.54 Å². The summed E-state index contributed by atoms with van der Waals surface area (Å²) in [7, 11) is 0. The smallest absolute Gasteiger partial charge is 0.237 e. The van der Waals surface area contributed by atoms with Crippen molar-refractivity contribution >= 4 is 5.91 Å². The van der Waals surface area contributed by atoms with Crippen LogP contribution in [0.15, 0.2) is 24.3 Å². The van der Waals surface area contributed by atoms with Crippen molar-refractivity contribution in [2.24, 2.45) is 11.7 Å². The molecule has 1 atom stereocenters. The number of hydrogen-bond acceptors (Lipinski definition) is 2. The Morgan fingerprint density at radius 1 is 1.35 bits per heavy atom. The third kappa shape index (κ3) is 3.30. The van der Waals surface area contributed by atoms with Crippen molar-refractivity contribution < 1.29 is 4.79 Å². The lowest BCUT2D eigenvalue weighted by Gasteiger charge is -2.31. The van der Waals surface area contributed by atoms with Gasteiger partial charge in [0.2, 0.25) is 5.91 Å². The molecule has 94 valence electrons. The first-order valence-electron chi connectivity index (χ1n) is 5.96. The minimum absolute atomic E-state index is 0.158. The summed E-state index contributed by atoms with van der Waals surface area (Å²) < 4.78 is 0. The molecular formula is C14H22N2O. The molecule has 1 amide bonds. The Labute approximate surface area is 103 Å². The molecule has 0 aliphatic rings. The molecule has 0 radical (unpaired) electrons. The molecule has 0 saturated carbocycles. The van der Waals surface area contributed by atoms with Gasteiger partial charge in [-0.15, -0.1) is 0 Å². The topological polar surface area (TPSA) is 55.1 Å². The van der Waals surface area contributed by atoms with E-state index in [1.54, 1.807) is 0 Å². The average molecular weight is 234 g/mol. The Bertz CT molecular complexity index is 384. The molecule has 0 heterocycles. The number of benzene rings is 1. The second-order valence-corrected chi connectivity index (χ2v) is 5.06. The molecule has 1 aromatic rings. The number of aryl methyl sites for hydroxylation is 1. The van der Waals surface area contributed by atoms with Crippen molar-refractivity contribution in [2.75, 3.05) is 0 Å². The highest BCUT2D eigenvalue weighted by Gasteiger charge is 2.33. The zero-order valence-corrected chi connectivity index (χ0v) is 11.1. The second-order valence-electron chi connectivity index (χ2n) is 5.06. The molecular weight excluding hydrogens is 212 g/mol.